The molecule has 0 amide bonds. The van der Waals surface area contributed by atoms with Crippen molar-refractivity contribution < 1.29 is 24.1 Å². The summed E-state index contributed by atoms with van der Waals surface area (Å²) >= 11 is 0. The highest BCUT2D eigenvalue weighted by atomic mass is 16.8. The van der Waals surface area contributed by atoms with E-state index in [1.807, 2.05) is 13.8 Å². The van der Waals surface area contributed by atoms with Gasteiger partial charge in [-0.3, -0.25) is 0 Å². The summed E-state index contributed by atoms with van der Waals surface area (Å²) in [5.41, 5.74) is 0. The standard InChI is InChI=1S/C9H14O5/c1-9(2)13-6-5(10)4-3-11-8(12-4)7(6)14-9/h4-8,10H,3H2,1-2H3/t4-,5-,6+,7-,8-/m1/s1. The van der Waals surface area contributed by atoms with Crippen molar-refractivity contribution >= 4 is 0 Å². The molecule has 3 aliphatic heterocycles. The molecule has 5 atom stereocenters. The summed E-state index contributed by atoms with van der Waals surface area (Å²) in [7, 11) is 0. The first kappa shape index (κ1) is 9.06. The van der Waals surface area contributed by atoms with Gasteiger partial charge in [-0.15, -0.1) is 0 Å². The van der Waals surface area contributed by atoms with Crippen molar-refractivity contribution in [3.05, 3.63) is 0 Å². The molecule has 0 unspecified atom stereocenters. The molecular weight excluding hydrogens is 188 g/mol. The lowest BCUT2D eigenvalue weighted by atomic mass is 10.0. The maximum atomic E-state index is 9.89. The van der Waals surface area contributed by atoms with Crippen LogP contribution in [0.2, 0.25) is 0 Å². The summed E-state index contributed by atoms with van der Waals surface area (Å²) in [6.07, 6.45) is -1.93. The molecule has 0 radical (unpaired) electrons. The van der Waals surface area contributed by atoms with Crippen molar-refractivity contribution in [2.45, 2.75) is 50.3 Å². The summed E-state index contributed by atoms with van der Waals surface area (Å²) in [6.45, 7) is 4.07. The molecule has 0 spiro atoms. The van der Waals surface area contributed by atoms with E-state index < -0.39 is 11.9 Å². The molecule has 3 saturated heterocycles. The number of hydrogen-bond donors (Lipinski definition) is 1. The second kappa shape index (κ2) is 2.68. The third-order valence-corrected chi connectivity index (χ3v) is 2.88. The Morgan fingerprint density at radius 3 is 2.71 bits per heavy atom. The van der Waals surface area contributed by atoms with Crippen LogP contribution in [0.4, 0.5) is 0 Å². The Labute approximate surface area is 81.9 Å². The minimum atomic E-state index is -0.659. The zero-order valence-electron chi connectivity index (χ0n) is 8.17. The van der Waals surface area contributed by atoms with E-state index in [9.17, 15) is 5.11 Å². The van der Waals surface area contributed by atoms with Crippen LogP contribution in [-0.2, 0) is 18.9 Å². The molecule has 3 rings (SSSR count). The van der Waals surface area contributed by atoms with Gasteiger partial charge in [0.15, 0.2) is 12.1 Å². The van der Waals surface area contributed by atoms with Crippen LogP contribution in [-0.4, -0.2) is 48.2 Å². The summed E-state index contributed by atoms with van der Waals surface area (Å²) in [4.78, 5) is 0. The fraction of sp³-hybridized carbons (Fsp3) is 1.00. The van der Waals surface area contributed by atoms with Crippen LogP contribution in [0.3, 0.4) is 0 Å². The van der Waals surface area contributed by atoms with Gasteiger partial charge in [-0.2, -0.15) is 0 Å². The van der Waals surface area contributed by atoms with Crippen LogP contribution in [0.1, 0.15) is 13.8 Å². The number of aliphatic hydroxyl groups is 1. The van der Waals surface area contributed by atoms with Crippen LogP contribution in [0.15, 0.2) is 0 Å². The van der Waals surface area contributed by atoms with Gasteiger partial charge in [0.25, 0.3) is 0 Å². The van der Waals surface area contributed by atoms with E-state index in [1.54, 1.807) is 0 Å². The van der Waals surface area contributed by atoms with Crippen LogP contribution < -0.4 is 0 Å². The van der Waals surface area contributed by atoms with Crippen LogP contribution in [0, 0.1) is 0 Å². The average Bonchev–Trinajstić information content (AvgIpc) is 2.64. The van der Waals surface area contributed by atoms with Crippen molar-refractivity contribution in [2.24, 2.45) is 0 Å². The van der Waals surface area contributed by atoms with E-state index in [0.29, 0.717) is 6.61 Å². The number of aliphatic hydroxyl groups excluding tert-OH is 1. The predicted molar refractivity (Wildman–Crippen MR) is 44.4 cm³/mol. The van der Waals surface area contributed by atoms with Gasteiger partial charge in [0.1, 0.15) is 24.4 Å². The third kappa shape index (κ3) is 1.14. The number of hydrogen-bond acceptors (Lipinski definition) is 5. The first-order chi connectivity index (χ1) is 6.57. The summed E-state index contributed by atoms with van der Waals surface area (Å²) in [6, 6.07) is 0. The Morgan fingerprint density at radius 2 is 1.93 bits per heavy atom. The molecular formula is C9H14O5. The molecule has 2 bridgehead atoms. The molecule has 1 N–H and O–H groups in total. The van der Waals surface area contributed by atoms with Gasteiger partial charge in [-0.05, 0) is 13.8 Å². The largest absolute Gasteiger partial charge is 0.387 e. The zero-order valence-corrected chi connectivity index (χ0v) is 8.17. The first-order valence-electron chi connectivity index (χ1n) is 4.88. The Hall–Kier alpha value is -0.200. The smallest absolute Gasteiger partial charge is 0.187 e. The zero-order chi connectivity index (χ0) is 9.92. The lowest BCUT2D eigenvalue weighted by Crippen LogP contribution is -2.52. The maximum Gasteiger partial charge on any atom is 0.187 e. The predicted octanol–water partition coefficient (Wildman–Crippen LogP) is -0.378. The van der Waals surface area contributed by atoms with Crippen molar-refractivity contribution in [2.75, 3.05) is 6.61 Å². The quantitative estimate of drug-likeness (QED) is 0.580. The number of fused-ring (bicyclic) bond motifs is 4. The lowest BCUT2D eigenvalue weighted by Gasteiger charge is -2.31. The van der Waals surface area contributed by atoms with Crippen molar-refractivity contribution in [3.8, 4) is 0 Å². The van der Waals surface area contributed by atoms with Crippen molar-refractivity contribution in [3.63, 3.8) is 0 Å². The highest BCUT2D eigenvalue weighted by Crippen LogP contribution is 2.40. The molecule has 5 heteroatoms. The van der Waals surface area contributed by atoms with Gasteiger partial charge in [-0.1, -0.05) is 0 Å². The minimum Gasteiger partial charge on any atom is -0.387 e. The second-order valence-electron chi connectivity index (χ2n) is 4.43. The minimum absolute atomic E-state index is 0.265. The van der Waals surface area contributed by atoms with Gasteiger partial charge in [0.2, 0.25) is 0 Å². The molecule has 3 fully saturated rings. The second-order valence-corrected chi connectivity index (χ2v) is 4.43. The molecule has 0 aliphatic carbocycles. The van der Waals surface area contributed by atoms with Gasteiger partial charge in [0, 0.05) is 0 Å². The summed E-state index contributed by atoms with van der Waals surface area (Å²) in [5.74, 6) is -0.659. The van der Waals surface area contributed by atoms with Gasteiger partial charge in [0.05, 0.1) is 6.61 Å². The van der Waals surface area contributed by atoms with Crippen molar-refractivity contribution in [1.82, 2.24) is 0 Å². The fourth-order valence-corrected chi connectivity index (χ4v) is 2.30. The summed E-state index contributed by atoms with van der Waals surface area (Å²) < 4.78 is 22.0. The van der Waals surface area contributed by atoms with Gasteiger partial charge < -0.3 is 24.1 Å². The third-order valence-electron chi connectivity index (χ3n) is 2.88. The SMILES string of the molecule is CC1(C)O[C@H]2[C@@H]3OC[C@@H](O3)[C@@H](O)[C@@H]2O1. The molecule has 0 saturated carbocycles. The monoisotopic (exact) mass is 202 g/mol. The van der Waals surface area contributed by atoms with Gasteiger partial charge >= 0.3 is 0 Å². The lowest BCUT2D eigenvalue weighted by molar-refractivity contribution is -0.198. The Balaban J connectivity index is 1.88. The van der Waals surface area contributed by atoms with Gasteiger partial charge in [-0.25, -0.2) is 0 Å². The first-order valence-corrected chi connectivity index (χ1v) is 4.88. The normalized spacial score (nSPS) is 54.6. The van der Waals surface area contributed by atoms with Crippen LogP contribution in [0.25, 0.3) is 0 Å². The molecule has 14 heavy (non-hydrogen) atoms. The highest BCUT2D eigenvalue weighted by molar-refractivity contribution is 4.98. The highest BCUT2D eigenvalue weighted by Gasteiger charge is 2.58. The van der Waals surface area contributed by atoms with Crippen molar-refractivity contribution in [1.29, 1.82) is 0 Å². The van der Waals surface area contributed by atoms with E-state index in [1.165, 1.54) is 0 Å². The molecule has 80 valence electrons. The van der Waals surface area contributed by atoms with E-state index in [-0.39, 0.29) is 24.6 Å². The van der Waals surface area contributed by atoms with Crippen LogP contribution >= 0.6 is 0 Å². The number of ether oxygens (including phenoxy) is 4. The molecule has 3 aliphatic rings. The Bertz CT molecular complexity index is 246. The average molecular weight is 202 g/mol. The number of rotatable bonds is 0. The Morgan fingerprint density at radius 1 is 1.21 bits per heavy atom. The maximum absolute atomic E-state index is 9.89. The summed E-state index contributed by atoms with van der Waals surface area (Å²) in [5, 5.41) is 9.89. The van der Waals surface area contributed by atoms with E-state index >= 15 is 0 Å². The molecule has 0 aromatic carbocycles. The molecule has 0 aromatic rings. The molecule has 3 heterocycles. The van der Waals surface area contributed by atoms with E-state index in [2.05, 4.69) is 0 Å². The molecule has 0 aromatic heterocycles. The molecule has 5 nitrogen and oxygen atoms in total. The fourth-order valence-electron chi connectivity index (χ4n) is 2.30. The topological polar surface area (TPSA) is 57.2 Å². The van der Waals surface area contributed by atoms with E-state index in [4.69, 9.17) is 18.9 Å². The van der Waals surface area contributed by atoms with E-state index in [0.717, 1.165) is 0 Å². The van der Waals surface area contributed by atoms with Crippen LogP contribution in [0.5, 0.6) is 0 Å². The Kier molecular flexibility index (Phi) is 1.73.